The number of alkyl halides is 2. The van der Waals surface area contributed by atoms with E-state index in [1.807, 2.05) is 6.07 Å². The van der Waals surface area contributed by atoms with E-state index in [-0.39, 0.29) is 11.3 Å². The minimum absolute atomic E-state index is 0.0735. The van der Waals surface area contributed by atoms with Crippen LogP contribution in [0.25, 0.3) is 0 Å². The lowest BCUT2D eigenvalue weighted by molar-refractivity contribution is -0.116. The number of hydrogen-bond acceptors (Lipinski definition) is 3. The average molecular weight is 393 g/mol. The zero-order valence-corrected chi connectivity index (χ0v) is 15.4. The van der Waals surface area contributed by atoms with Gasteiger partial charge in [0.2, 0.25) is 0 Å². The zero-order chi connectivity index (χ0) is 20.5. The molecular formula is C22H17F2N3O2. The molecule has 0 saturated heterocycles. The third kappa shape index (κ3) is 3.38. The van der Waals surface area contributed by atoms with Gasteiger partial charge in [0, 0.05) is 23.3 Å². The minimum Gasteiger partial charge on any atom is -0.326 e. The summed E-state index contributed by atoms with van der Waals surface area (Å²) in [7, 11) is 0. The van der Waals surface area contributed by atoms with Crippen molar-refractivity contribution in [3.05, 3.63) is 76.5 Å². The predicted molar refractivity (Wildman–Crippen MR) is 102 cm³/mol. The van der Waals surface area contributed by atoms with Crippen LogP contribution in [0.5, 0.6) is 0 Å². The zero-order valence-electron chi connectivity index (χ0n) is 15.4. The number of halogens is 2. The van der Waals surface area contributed by atoms with Crippen molar-refractivity contribution in [1.82, 2.24) is 5.32 Å². The van der Waals surface area contributed by atoms with Gasteiger partial charge < -0.3 is 5.32 Å². The Hall–Kier alpha value is -3.53. The number of anilines is 1. The molecule has 5 nitrogen and oxygen atoms in total. The molecule has 7 heteroatoms. The van der Waals surface area contributed by atoms with Gasteiger partial charge in [-0.2, -0.15) is 5.26 Å². The van der Waals surface area contributed by atoms with Crippen LogP contribution in [0.1, 0.15) is 48.4 Å². The lowest BCUT2D eigenvalue weighted by atomic mass is 9.84. The van der Waals surface area contributed by atoms with Gasteiger partial charge in [0.1, 0.15) is 0 Å². The average Bonchev–Trinajstić information content (AvgIpc) is 2.73. The lowest BCUT2D eigenvalue weighted by Crippen LogP contribution is -2.49. The Bertz CT molecular complexity index is 1050. The van der Waals surface area contributed by atoms with Crippen LogP contribution < -0.4 is 10.2 Å². The van der Waals surface area contributed by atoms with Gasteiger partial charge in [-0.1, -0.05) is 24.3 Å². The lowest BCUT2D eigenvalue weighted by Gasteiger charge is -2.39. The number of nitrogens with zero attached hydrogens (tertiary/aromatic N) is 2. The predicted octanol–water partition coefficient (Wildman–Crippen LogP) is 4.77. The van der Waals surface area contributed by atoms with E-state index in [0.29, 0.717) is 47.3 Å². The second-order valence-corrected chi connectivity index (χ2v) is 6.98. The highest BCUT2D eigenvalue weighted by Gasteiger charge is 2.39. The monoisotopic (exact) mass is 393 g/mol. The summed E-state index contributed by atoms with van der Waals surface area (Å²) in [5.41, 5.74) is 2.31. The SMILES string of the molecule is N#Cc1ccc(C2NC(=O)N(c3cccc(C(F)F)c3)C3=C2C(=O)CCC3)cc1. The smallest absolute Gasteiger partial charge is 0.326 e. The molecule has 2 aliphatic rings. The number of allylic oxidation sites excluding steroid dienone is 1. The van der Waals surface area contributed by atoms with Crippen molar-refractivity contribution in [1.29, 1.82) is 5.26 Å². The number of hydrogen-bond donors (Lipinski definition) is 1. The summed E-state index contributed by atoms with van der Waals surface area (Å²) in [6.07, 6.45) is -1.20. The number of carbonyl (C=O) groups excluding carboxylic acids is 2. The van der Waals surface area contributed by atoms with Crippen LogP contribution in [-0.2, 0) is 4.79 Å². The normalized spacial score (nSPS) is 19.1. The Morgan fingerprint density at radius 1 is 1.10 bits per heavy atom. The van der Waals surface area contributed by atoms with Crippen LogP contribution >= 0.6 is 0 Å². The van der Waals surface area contributed by atoms with E-state index in [4.69, 9.17) is 5.26 Å². The second-order valence-electron chi connectivity index (χ2n) is 6.98. The molecule has 2 aromatic rings. The molecule has 0 bridgehead atoms. The molecule has 1 N–H and O–H groups in total. The number of Topliss-reactive ketones (excluding diaryl/α,β-unsaturated/α-hetero) is 1. The van der Waals surface area contributed by atoms with E-state index >= 15 is 0 Å². The van der Waals surface area contributed by atoms with Crippen molar-refractivity contribution in [3.8, 4) is 6.07 Å². The maximum atomic E-state index is 13.1. The number of nitriles is 1. The summed E-state index contributed by atoms with van der Waals surface area (Å²) in [5.74, 6) is -0.0735. The van der Waals surface area contributed by atoms with Gasteiger partial charge in [-0.25, -0.2) is 13.6 Å². The Morgan fingerprint density at radius 3 is 2.55 bits per heavy atom. The third-order valence-corrected chi connectivity index (χ3v) is 5.21. The highest BCUT2D eigenvalue weighted by molar-refractivity contribution is 6.06. The van der Waals surface area contributed by atoms with E-state index in [2.05, 4.69) is 5.32 Å². The number of benzene rings is 2. The van der Waals surface area contributed by atoms with Crippen LogP contribution in [0.3, 0.4) is 0 Å². The Balaban J connectivity index is 1.82. The molecule has 0 radical (unpaired) electrons. The number of ketones is 1. The highest BCUT2D eigenvalue weighted by Crippen LogP contribution is 2.40. The van der Waals surface area contributed by atoms with Crippen molar-refractivity contribution in [2.45, 2.75) is 31.7 Å². The van der Waals surface area contributed by atoms with E-state index in [0.717, 1.165) is 0 Å². The highest BCUT2D eigenvalue weighted by atomic mass is 19.3. The molecule has 29 heavy (non-hydrogen) atoms. The number of carbonyl (C=O) groups is 2. The van der Waals surface area contributed by atoms with Crippen molar-refractivity contribution >= 4 is 17.5 Å². The summed E-state index contributed by atoms with van der Waals surface area (Å²) in [5, 5.41) is 11.8. The molecular weight excluding hydrogens is 376 g/mol. The van der Waals surface area contributed by atoms with Crippen LogP contribution in [0, 0.1) is 11.3 Å². The van der Waals surface area contributed by atoms with Gasteiger partial charge >= 0.3 is 6.03 Å². The number of urea groups is 1. The summed E-state index contributed by atoms with van der Waals surface area (Å²) in [6.45, 7) is 0. The molecule has 4 rings (SSSR count). The molecule has 0 aromatic heterocycles. The first-order valence-corrected chi connectivity index (χ1v) is 9.24. The molecule has 2 amide bonds. The molecule has 1 atom stereocenters. The maximum absolute atomic E-state index is 13.1. The molecule has 0 saturated carbocycles. The Labute approximate surface area is 166 Å². The van der Waals surface area contributed by atoms with Crippen molar-refractivity contribution in [2.75, 3.05) is 4.90 Å². The maximum Gasteiger partial charge on any atom is 0.327 e. The van der Waals surface area contributed by atoms with E-state index in [1.54, 1.807) is 30.3 Å². The van der Waals surface area contributed by atoms with Gasteiger partial charge in [-0.05, 0) is 42.7 Å². The summed E-state index contributed by atoms with van der Waals surface area (Å²) >= 11 is 0. The quantitative estimate of drug-likeness (QED) is 0.816. The number of amides is 2. The molecule has 1 unspecified atom stereocenters. The summed E-state index contributed by atoms with van der Waals surface area (Å²) in [6, 6.07) is 13.3. The van der Waals surface area contributed by atoms with Crippen LogP contribution in [0.4, 0.5) is 19.3 Å². The first-order valence-electron chi connectivity index (χ1n) is 9.24. The van der Waals surface area contributed by atoms with E-state index < -0.39 is 18.5 Å². The molecule has 1 heterocycles. The number of rotatable bonds is 3. The minimum atomic E-state index is -2.66. The van der Waals surface area contributed by atoms with Crippen LogP contribution in [0.2, 0.25) is 0 Å². The van der Waals surface area contributed by atoms with Crippen molar-refractivity contribution < 1.29 is 18.4 Å². The van der Waals surface area contributed by atoms with Gasteiger partial charge in [-0.15, -0.1) is 0 Å². The molecule has 2 aromatic carbocycles. The van der Waals surface area contributed by atoms with Crippen LogP contribution in [-0.4, -0.2) is 11.8 Å². The first kappa shape index (κ1) is 18.8. The first-order chi connectivity index (χ1) is 14.0. The molecule has 146 valence electrons. The van der Waals surface area contributed by atoms with Gasteiger partial charge in [0.15, 0.2) is 5.78 Å². The Kier molecular flexibility index (Phi) is 4.85. The topological polar surface area (TPSA) is 73.2 Å². The number of nitrogens with one attached hydrogen (secondary N) is 1. The van der Waals surface area contributed by atoms with E-state index in [1.165, 1.54) is 23.1 Å². The Morgan fingerprint density at radius 2 is 1.86 bits per heavy atom. The van der Waals surface area contributed by atoms with Crippen molar-refractivity contribution in [2.24, 2.45) is 0 Å². The summed E-state index contributed by atoms with van der Waals surface area (Å²) < 4.78 is 26.3. The van der Waals surface area contributed by atoms with Gasteiger partial charge in [0.25, 0.3) is 6.43 Å². The van der Waals surface area contributed by atoms with Gasteiger partial charge in [0.05, 0.1) is 23.4 Å². The fraction of sp³-hybridized carbons (Fsp3) is 0.227. The van der Waals surface area contributed by atoms with Crippen molar-refractivity contribution in [3.63, 3.8) is 0 Å². The third-order valence-electron chi connectivity index (χ3n) is 5.21. The molecule has 0 fully saturated rings. The summed E-state index contributed by atoms with van der Waals surface area (Å²) in [4.78, 5) is 27.1. The van der Waals surface area contributed by atoms with Crippen LogP contribution in [0.15, 0.2) is 59.8 Å². The van der Waals surface area contributed by atoms with Gasteiger partial charge in [-0.3, -0.25) is 9.69 Å². The second kappa shape index (κ2) is 7.47. The molecule has 1 aliphatic carbocycles. The largest absolute Gasteiger partial charge is 0.327 e. The van der Waals surface area contributed by atoms with E-state index in [9.17, 15) is 18.4 Å². The fourth-order valence-electron chi connectivity index (χ4n) is 3.86. The fourth-order valence-corrected chi connectivity index (χ4v) is 3.86. The standard InChI is InChI=1S/C22H17F2N3O2/c23-21(24)15-3-1-4-16(11-15)27-17-5-2-6-18(28)19(17)20(26-22(27)29)14-9-7-13(12-25)8-10-14/h1,3-4,7-11,20-21H,2,5-6H2,(H,26,29). The molecule has 0 spiro atoms. The molecule has 1 aliphatic heterocycles.